The van der Waals surface area contributed by atoms with Gasteiger partial charge in [-0.1, -0.05) is 0 Å². The maximum absolute atomic E-state index is 12.7. The molecule has 21 heavy (non-hydrogen) atoms. The van der Waals surface area contributed by atoms with Gasteiger partial charge >= 0.3 is 6.18 Å². The number of aromatic nitrogens is 2. The molecule has 4 nitrogen and oxygen atoms in total. The number of carbonyl (C=O) groups excluding carboxylic acids is 1. The Kier molecular flexibility index (Phi) is 4.08. The second-order valence-electron chi connectivity index (χ2n) is 4.97. The van der Waals surface area contributed by atoms with Gasteiger partial charge in [-0.05, 0) is 44.3 Å². The van der Waals surface area contributed by atoms with Gasteiger partial charge in [-0.3, -0.25) is 4.79 Å². The zero-order valence-corrected chi connectivity index (χ0v) is 12.2. The number of H-pyrrole nitrogens is 1. The van der Waals surface area contributed by atoms with E-state index in [0.29, 0.717) is 5.52 Å². The maximum Gasteiger partial charge on any atom is 0.416 e. The highest BCUT2D eigenvalue weighted by atomic mass is 32.1. The molecule has 1 amide bonds. The van der Waals surface area contributed by atoms with Crippen molar-refractivity contribution in [1.29, 1.82) is 0 Å². The van der Waals surface area contributed by atoms with E-state index in [1.165, 1.54) is 10.6 Å². The predicted octanol–water partition coefficient (Wildman–Crippen LogP) is 3.24. The second-order valence-corrected chi connectivity index (χ2v) is 5.35. The summed E-state index contributed by atoms with van der Waals surface area (Å²) in [6, 6.07) is 3.25. The summed E-state index contributed by atoms with van der Waals surface area (Å²) in [5, 5.41) is 2.71. The number of amides is 1. The molecule has 0 aliphatic heterocycles. The zero-order valence-electron chi connectivity index (χ0n) is 11.4. The van der Waals surface area contributed by atoms with Gasteiger partial charge in [0.2, 0.25) is 5.91 Å². The van der Waals surface area contributed by atoms with E-state index in [4.69, 9.17) is 12.2 Å². The summed E-state index contributed by atoms with van der Waals surface area (Å²) in [7, 11) is 0. The van der Waals surface area contributed by atoms with Crippen molar-refractivity contribution in [3.8, 4) is 0 Å². The van der Waals surface area contributed by atoms with Crippen LogP contribution in [-0.4, -0.2) is 21.5 Å². The largest absolute Gasteiger partial charge is 0.416 e. The van der Waals surface area contributed by atoms with Crippen LogP contribution in [0.4, 0.5) is 13.2 Å². The van der Waals surface area contributed by atoms with Gasteiger partial charge in [0.1, 0.15) is 6.54 Å². The lowest BCUT2D eigenvalue weighted by atomic mass is 10.2. The first-order valence-corrected chi connectivity index (χ1v) is 6.68. The van der Waals surface area contributed by atoms with Crippen LogP contribution in [0.3, 0.4) is 0 Å². The summed E-state index contributed by atoms with van der Waals surface area (Å²) < 4.78 is 39.7. The van der Waals surface area contributed by atoms with Gasteiger partial charge < -0.3 is 14.9 Å². The number of nitrogens with one attached hydrogen (secondary N) is 2. The van der Waals surface area contributed by atoms with Crippen molar-refractivity contribution < 1.29 is 18.0 Å². The van der Waals surface area contributed by atoms with Crippen molar-refractivity contribution in [3.05, 3.63) is 28.5 Å². The molecule has 0 saturated heterocycles. The molecule has 0 aliphatic rings. The fourth-order valence-corrected chi connectivity index (χ4v) is 2.28. The van der Waals surface area contributed by atoms with E-state index in [2.05, 4.69) is 10.3 Å². The summed E-state index contributed by atoms with van der Waals surface area (Å²) in [4.78, 5) is 14.5. The molecule has 0 spiro atoms. The summed E-state index contributed by atoms with van der Waals surface area (Å²) in [6.45, 7) is 3.60. The lowest BCUT2D eigenvalue weighted by Crippen LogP contribution is -2.33. The van der Waals surface area contributed by atoms with Crippen LogP contribution in [0.1, 0.15) is 19.4 Å². The van der Waals surface area contributed by atoms with E-state index >= 15 is 0 Å². The topological polar surface area (TPSA) is 49.8 Å². The van der Waals surface area contributed by atoms with Crippen molar-refractivity contribution >= 4 is 29.2 Å². The SMILES string of the molecule is CC(C)NC(=O)Cn1c(=S)[nH]c2cc(C(F)(F)F)ccc21. The maximum atomic E-state index is 12.7. The van der Waals surface area contributed by atoms with Gasteiger partial charge in [0.25, 0.3) is 0 Å². The van der Waals surface area contributed by atoms with Crippen LogP contribution in [0.5, 0.6) is 0 Å². The molecule has 1 aromatic carbocycles. The van der Waals surface area contributed by atoms with Gasteiger partial charge in [-0.25, -0.2) is 0 Å². The Morgan fingerprint density at radius 3 is 2.67 bits per heavy atom. The summed E-state index contributed by atoms with van der Waals surface area (Å²) in [5.41, 5.74) is -0.0379. The predicted molar refractivity (Wildman–Crippen MR) is 75.4 cm³/mol. The molecule has 0 aliphatic carbocycles. The number of halogens is 3. The molecule has 1 aromatic heterocycles. The van der Waals surface area contributed by atoms with Crippen LogP contribution >= 0.6 is 12.2 Å². The normalized spacial score (nSPS) is 12.1. The second kappa shape index (κ2) is 5.51. The zero-order chi connectivity index (χ0) is 15.8. The highest BCUT2D eigenvalue weighted by molar-refractivity contribution is 7.71. The Hall–Kier alpha value is -1.83. The number of alkyl halides is 3. The molecule has 8 heteroatoms. The standard InChI is InChI=1S/C13H14F3N3OS/c1-7(2)17-11(20)6-19-10-4-3-8(13(14,15)16)5-9(10)18-12(19)21/h3-5,7H,6H2,1-2H3,(H,17,20)(H,18,21). The molecule has 2 N–H and O–H groups in total. The van der Waals surface area contributed by atoms with Crippen LogP contribution < -0.4 is 5.32 Å². The average molecular weight is 317 g/mol. The van der Waals surface area contributed by atoms with E-state index in [0.717, 1.165) is 12.1 Å². The highest BCUT2D eigenvalue weighted by Gasteiger charge is 2.30. The minimum absolute atomic E-state index is 0.0197. The Labute approximate surface area is 124 Å². The van der Waals surface area contributed by atoms with Gasteiger partial charge in [0.15, 0.2) is 4.77 Å². The highest BCUT2D eigenvalue weighted by Crippen LogP contribution is 2.31. The molecule has 0 fully saturated rings. The third kappa shape index (κ3) is 3.44. The fourth-order valence-electron chi connectivity index (χ4n) is 2.01. The number of hydrogen-bond donors (Lipinski definition) is 2. The van der Waals surface area contributed by atoms with Crippen LogP contribution in [0.15, 0.2) is 18.2 Å². The molecule has 0 atom stereocenters. The van der Waals surface area contributed by atoms with Gasteiger partial charge in [-0.15, -0.1) is 0 Å². The molecule has 114 valence electrons. The van der Waals surface area contributed by atoms with Crippen molar-refractivity contribution in [3.63, 3.8) is 0 Å². The first kappa shape index (κ1) is 15.6. The Morgan fingerprint density at radius 1 is 1.43 bits per heavy atom. The van der Waals surface area contributed by atoms with Crippen molar-refractivity contribution in [2.24, 2.45) is 0 Å². The minimum Gasteiger partial charge on any atom is -0.352 e. The monoisotopic (exact) mass is 317 g/mol. The molecular weight excluding hydrogens is 303 g/mol. The third-order valence-corrected chi connectivity index (χ3v) is 3.18. The molecule has 0 saturated carbocycles. The van der Waals surface area contributed by atoms with Crippen molar-refractivity contribution in [2.45, 2.75) is 32.6 Å². The number of carbonyl (C=O) groups is 1. The lowest BCUT2D eigenvalue weighted by Gasteiger charge is -2.10. The molecular formula is C13H14F3N3OS. The first-order valence-electron chi connectivity index (χ1n) is 6.27. The van der Waals surface area contributed by atoms with Crippen molar-refractivity contribution in [2.75, 3.05) is 0 Å². The van der Waals surface area contributed by atoms with Crippen LogP contribution in [-0.2, 0) is 17.5 Å². The molecule has 2 aromatic rings. The summed E-state index contributed by atoms with van der Waals surface area (Å²) in [6.07, 6.45) is -4.42. The van der Waals surface area contributed by atoms with E-state index in [9.17, 15) is 18.0 Å². The van der Waals surface area contributed by atoms with Gasteiger partial charge in [0.05, 0.1) is 16.6 Å². The number of benzene rings is 1. The quantitative estimate of drug-likeness (QED) is 0.854. The number of aromatic amines is 1. The lowest BCUT2D eigenvalue weighted by molar-refractivity contribution is -0.137. The molecule has 0 unspecified atom stereocenters. The van der Waals surface area contributed by atoms with Crippen LogP contribution in [0.25, 0.3) is 11.0 Å². The number of nitrogens with zero attached hydrogens (tertiary/aromatic N) is 1. The number of imidazole rings is 1. The van der Waals surface area contributed by atoms with Gasteiger partial charge in [-0.2, -0.15) is 13.2 Å². The number of hydrogen-bond acceptors (Lipinski definition) is 2. The minimum atomic E-state index is -4.42. The van der Waals surface area contributed by atoms with Crippen LogP contribution in [0.2, 0.25) is 0 Å². The van der Waals surface area contributed by atoms with E-state index in [1.807, 2.05) is 13.8 Å². The van der Waals surface area contributed by atoms with Crippen LogP contribution in [0, 0.1) is 4.77 Å². The van der Waals surface area contributed by atoms with Gasteiger partial charge in [0, 0.05) is 6.04 Å². The summed E-state index contributed by atoms with van der Waals surface area (Å²) in [5.74, 6) is -0.248. The molecule has 1 heterocycles. The van der Waals surface area contributed by atoms with E-state index < -0.39 is 11.7 Å². The average Bonchev–Trinajstić information content (AvgIpc) is 2.63. The Morgan fingerprint density at radius 2 is 2.10 bits per heavy atom. The summed E-state index contributed by atoms with van der Waals surface area (Å²) >= 11 is 5.07. The molecule has 2 rings (SSSR count). The number of fused-ring (bicyclic) bond motifs is 1. The molecule has 0 radical (unpaired) electrons. The molecule has 0 bridgehead atoms. The Balaban J connectivity index is 2.40. The Bertz CT molecular complexity index is 730. The first-order chi connectivity index (χ1) is 9.68. The van der Waals surface area contributed by atoms with E-state index in [1.54, 1.807) is 0 Å². The van der Waals surface area contributed by atoms with Crippen molar-refractivity contribution in [1.82, 2.24) is 14.9 Å². The third-order valence-electron chi connectivity index (χ3n) is 2.85. The van der Waals surface area contributed by atoms with E-state index in [-0.39, 0.29) is 28.8 Å². The number of rotatable bonds is 3. The fraction of sp³-hybridized carbons (Fsp3) is 0.385. The smallest absolute Gasteiger partial charge is 0.352 e.